The molecular weight excluding hydrogens is 372 g/mol. The van der Waals surface area contributed by atoms with Gasteiger partial charge in [0, 0.05) is 42.8 Å². The highest BCUT2D eigenvalue weighted by molar-refractivity contribution is 6.07. The van der Waals surface area contributed by atoms with Gasteiger partial charge in [0.15, 0.2) is 11.6 Å². The number of rotatable bonds is 5. The first-order valence-electron chi connectivity index (χ1n) is 7.19. The van der Waals surface area contributed by atoms with Crippen LogP contribution in [0.5, 0.6) is 5.75 Å². The van der Waals surface area contributed by atoms with E-state index in [0.717, 1.165) is 0 Å². The topological polar surface area (TPSA) is 68.9 Å². The molecule has 0 bridgehead atoms. The third kappa shape index (κ3) is 4.36. The SMILES string of the molecule is CN(C)Cc1c(O)c(F)cc2c1c(C(=O)O)c(CN(C)C)n2C.Cl.Cl. The zero-order valence-electron chi connectivity index (χ0n) is 14.8. The van der Waals surface area contributed by atoms with Crippen LogP contribution in [0.15, 0.2) is 6.07 Å². The minimum Gasteiger partial charge on any atom is -0.505 e. The van der Waals surface area contributed by atoms with Crippen molar-refractivity contribution in [2.75, 3.05) is 28.2 Å². The quantitative estimate of drug-likeness (QED) is 0.814. The number of hydrogen-bond acceptors (Lipinski definition) is 4. The van der Waals surface area contributed by atoms with Gasteiger partial charge in [0.1, 0.15) is 0 Å². The van der Waals surface area contributed by atoms with Crippen molar-refractivity contribution in [1.29, 1.82) is 0 Å². The summed E-state index contributed by atoms with van der Waals surface area (Å²) in [5.74, 6) is -2.32. The molecule has 1 heterocycles. The fourth-order valence-corrected chi connectivity index (χ4v) is 2.86. The Morgan fingerprint density at radius 2 is 1.68 bits per heavy atom. The molecule has 6 nitrogen and oxygen atoms in total. The Morgan fingerprint density at radius 1 is 1.16 bits per heavy atom. The highest BCUT2D eigenvalue weighted by atomic mass is 35.5. The van der Waals surface area contributed by atoms with Crippen LogP contribution in [0.4, 0.5) is 4.39 Å². The van der Waals surface area contributed by atoms with Gasteiger partial charge < -0.3 is 24.6 Å². The summed E-state index contributed by atoms with van der Waals surface area (Å²) < 4.78 is 15.8. The minimum absolute atomic E-state index is 0. The molecule has 0 saturated carbocycles. The van der Waals surface area contributed by atoms with Crippen molar-refractivity contribution in [2.24, 2.45) is 7.05 Å². The van der Waals surface area contributed by atoms with E-state index in [0.29, 0.717) is 28.7 Å². The number of carbonyl (C=O) groups is 1. The number of fused-ring (bicyclic) bond motifs is 1. The van der Waals surface area contributed by atoms with Gasteiger partial charge in [0.2, 0.25) is 0 Å². The Morgan fingerprint density at radius 3 is 2.12 bits per heavy atom. The van der Waals surface area contributed by atoms with E-state index in [2.05, 4.69) is 0 Å². The molecule has 0 aliphatic carbocycles. The van der Waals surface area contributed by atoms with Gasteiger partial charge in [-0.1, -0.05) is 0 Å². The van der Waals surface area contributed by atoms with Crippen LogP contribution in [0.1, 0.15) is 21.6 Å². The van der Waals surface area contributed by atoms with Crippen LogP contribution in [-0.4, -0.2) is 58.7 Å². The van der Waals surface area contributed by atoms with Crippen molar-refractivity contribution < 1.29 is 19.4 Å². The maximum atomic E-state index is 14.1. The number of halogens is 3. The number of carboxylic acid groups (broad SMARTS) is 1. The molecular formula is C16H24Cl2FN3O3. The van der Waals surface area contributed by atoms with Gasteiger partial charge in [-0.05, 0) is 28.2 Å². The average molecular weight is 396 g/mol. The largest absolute Gasteiger partial charge is 0.505 e. The molecule has 0 atom stereocenters. The lowest BCUT2D eigenvalue weighted by atomic mass is 10.0. The highest BCUT2D eigenvalue weighted by Crippen LogP contribution is 2.36. The van der Waals surface area contributed by atoms with Gasteiger partial charge in [-0.25, -0.2) is 9.18 Å². The van der Waals surface area contributed by atoms with E-state index in [1.807, 2.05) is 19.0 Å². The first kappa shape index (κ1) is 23.5. The summed E-state index contributed by atoms with van der Waals surface area (Å²) in [4.78, 5) is 15.5. The summed E-state index contributed by atoms with van der Waals surface area (Å²) in [6.45, 7) is 0.641. The first-order chi connectivity index (χ1) is 10.6. The number of carboxylic acids is 1. The molecule has 25 heavy (non-hydrogen) atoms. The van der Waals surface area contributed by atoms with Crippen LogP contribution >= 0.6 is 24.8 Å². The van der Waals surface area contributed by atoms with Crippen LogP contribution in [-0.2, 0) is 20.1 Å². The summed E-state index contributed by atoms with van der Waals surface area (Å²) in [7, 11) is 8.94. The van der Waals surface area contributed by atoms with Crippen LogP contribution in [0.3, 0.4) is 0 Å². The summed E-state index contributed by atoms with van der Waals surface area (Å²) in [6, 6.07) is 1.19. The Kier molecular flexibility index (Phi) is 8.17. The van der Waals surface area contributed by atoms with Crippen LogP contribution in [0.25, 0.3) is 10.9 Å². The zero-order chi connectivity index (χ0) is 17.5. The van der Waals surface area contributed by atoms with E-state index < -0.39 is 17.5 Å². The average Bonchev–Trinajstić information content (AvgIpc) is 2.68. The van der Waals surface area contributed by atoms with E-state index in [9.17, 15) is 19.4 Å². The second kappa shape index (κ2) is 8.71. The molecule has 0 saturated heterocycles. The van der Waals surface area contributed by atoms with Gasteiger partial charge in [-0.15, -0.1) is 24.8 Å². The molecule has 1 aromatic carbocycles. The minimum atomic E-state index is -1.08. The number of hydrogen-bond donors (Lipinski definition) is 2. The first-order valence-corrected chi connectivity index (χ1v) is 7.19. The van der Waals surface area contributed by atoms with Gasteiger partial charge in [-0.3, -0.25) is 0 Å². The van der Waals surface area contributed by atoms with E-state index >= 15 is 0 Å². The van der Waals surface area contributed by atoms with E-state index in [1.54, 1.807) is 30.6 Å². The second-order valence-electron chi connectivity index (χ2n) is 6.24. The van der Waals surface area contributed by atoms with Crippen LogP contribution in [0, 0.1) is 5.82 Å². The second-order valence-corrected chi connectivity index (χ2v) is 6.24. The van der Waals surface area contributed by atoms with Crippen molar-refractivity contribution >= 4 is 41.7 Å². The maximum Gasteiger partial charge on any atom is 0.338 e. The fourth-order valence-electron chi connectivity index (χ4n) is 2.86. The number of phenolic OH excluding ortho intramolecular Hbond substituents is 1. The fraction of sp³-hybridized carbons (Fsp3) is 0.438. The zero-order valence-corrected chi connectivity index (χ0v) is 16.5. The maximum absolute atomic E-state index is 14.1. The van der Waals surface area contributed by atoms with Crippen molar-refractivity contribution in [1.82, 2.24) is 14.4 Å². The molecule has 2 aromatic rings. The lowest BCUT2D eigenvalue weighted by molar-refractivity contribution is 0.0696. The lowest BCUT2D eigenvalue weighted by Crippen LogP contribution is -2.16. The molecule has 0 radical (unpaired) electrons. The number of aryl methyl sites for hydroxylation is 1. The third-order valence-electron chi connectivity index (χ3n) is 3.79. The standard InChI is InChI=1S/C16H22FN3O3.2ClH/c1-18(2)7-9-13-11(6-10(17)15(9)21)20(5)12(8-19(3)4)14(13)16(22)23;;/h6,21H,7-8H2,1-5H3,(H,22,23);2*1H. The normalized spacial score (nSPS) is 10.9. The highest BCUT2D eigenvalue weighted by Gasteiger charge is 2.26. The molecule has 9 heteroatoms. The Bertz CT molecular complexity index is 776. The van der Waals surface area contributed by atoms with Crippen LogP contribution in [0.2, 0.25) is 0 Å². The summed E-state index contributed by atoms with van der Waals surface area (Å²) in [5, 5.41) is 20.2. The molecule has 0 aliphatic heterocycles. The lowest BCUT2D eigenvalue weighted by Gasteiger charge is -2.14. The Balaban J connectivity index is 0.00000288. The number of aromatic nitrogens is 1. The molecule has 0 aliphatic rings. The number of benzene rings is 1. The van der Waals surface area contributed by atoms with E-state index in [4.69, 9.17) is 0 Å². The van der Waals surface area contributed by atoms with Gasteiger partial charge in [0.25, 0.3) is 0 Å². The summed E-state index contributed by atoms with van der Waals surface area (Å²) in [6.07, 6.45) is 0. The van der Waals surface area contributed by atoms with Crippen molar-refractivity contribution in [3.05, 3.63) is 28.7 Å². The molecule has 2 rings (SSSR count). The summed E-state index contributed by atoms with van der Waals surface area (Å²) in [5.41, 5.74) is 1.44. The predicted molar refractivity (Wildman–Crippen MR) is 101 cm³/mol. The molecule has 0 spiro atoms. The molecule has 142 valence electrons. The number of aromatic carboxylic acids is 1. The molecule has 2 N–H and O–H groups in total. The summed E-state index contributed by atoms with van der Waals surface area (Å²) >= 11 is 0. The Labute approximate surface area is 158 Å². The molecule has 0 amide bonds. The number of aromatic hydroxyl groups is 1. The van der Waals surface area contributed by atoms with Gasteiger partial charge in [0.05, 0.1) is 11.1 Å². The molecule has 0 fully saturated rings. The van der Waals surface area contributed by atoms with E-state index in [-0.39, 0.29) is 36.9 Å². The third-order valence-corrected chi connectivity index (χ3v) is 3.79. The van der Waals surface area contributed by atoms with Crippen molar-refractivity contribution in [2.45, 2.75) is 13.1 Å². The van der Waals surface area contributed by atoms with Crippen LogP contribution < -0.4 is 0 Å². The number of nitrogens with zero attached hydrogens (tertiary/aromatic N) is 3. The monoisotopic (exact) mass is 395 g/mol. The smallest absolute Gasteiger partial charge is 0.338 e. The predicted octanol–water partition coefficient (Wildman–Crippen LogP) is 2.69. The molecule has 0 unspecified atom stereocenters. The van der Waals surface area contributed by atoms with Crippen molar-refractivity contribution in [3.63, 3.8) is 0 Å². The molecule has 1 aromatic heterocycles. The van der Waals surface area contributed by atoms with Crippen molar-refractivity contribution in [3.8, 4) is 5.75 Å². The van der Waals surface area contributed by atoms with E-state index in [1.165, 1.54) is 6.07 Å². The van der Waals surface area contributed by atoms with Gasteiger partial charge >= 0.3 is 5.97 Å². The number of phenols is 1. The Hall–Kier alpha value is -1.54. The van der Waals surface area contributed by atoms with Gasteiger partial charge in [-0.2, -0.15) is 0 Å².